The number of carbonyl (C=O) groups is 3. The summed E-state index contributed by atoms with van der Waals surface area (Å²) >= 11 is 1.27. The number of nitrogens with one attached hydrogen (secondary N) is 1. The maximum Gasteiger partial charge on any atom is 0.244 e. The normalized spacial score (nSPS) is 18.2. The van der Waals surface area contributed by atoms with Crippen LogP contribution in [0.2, 0.25) is 0 Å². The molecule has 1 aromatic rings. The van der Waals surface area contributed by atoms with E-state index in [4.69, 9.17) is 9.47 Å². The van der Waals surface area contributed by atoms with Crippen LogP contribution in [0.5, 0.6) is 11.5 Å². The fourth-order valence-electron chi connectivity index (χ4n) is 2.61. The van der Waals surface area contributed by atoms with Crippen LogP contribution in [0, 0.1) is 5.41 Å². The number of thioether (sulfide) groups is 1. The van der Waals surface area contributed by atoms with E-state index in [0.717, 1.165) is 6.42 Å². The minimum atomic E-state index is -0.545. The Morgan fingerprint density at radius 3 is 2.64 bits per heavy atom. The standard InChI is InChI=1S/C20H24N2O5S/c1-20(2,3)16(23)10-19-22(18(25)12-28-19)11-17(24)21-13-5-6-14-15(9-13)27-8-4-7-26-14/h5-6,9-10H,4,7-8,11-12H2,1-3H3,(H,21,24)/b19-10-. The third-order valence-electron chi connectivity index (χ3n) is 4.24. The van der Waals surface area contributed by atoms with Gasteiger partial charge in [0, 0.05) is 29.7 Å². The highest BCUT2D eigenvalue weighted by Crippen LogP contribution is 2.33. The molecule has 1 aromatic carbocycles. The van der Waals surface area contributed by atoms with Gasteiger partial charge in [0.15, 0.2) is 17.3 Å². The van der Waals surface area contributed by atoms with Gasteiger partial charge in [0.05, 0.1) is 24.0 Å². The van der Waals surface area contributed by atoms with E-state index in [-0.39, 0.29) is 29.9 Å². The van der Waals surface area contributed by atoms with E-state index in [1.165, 1.54) is 22.7 Å². The second-order valence-corrected chi connectivity index (χ2v) is 8.62. The third kappa shape index (κ3) is 4.86. The first-order valence-electron chi connectivity index (χ1n) is 9.13. The van der Waals surface area contributed by atoms with Crippen molar-refractivity contribution in [2.75, 3.05) is 30.8 Å². The molecular weight excluding hydrogens is 380 g/mol. The van der Waals surface area contributed by atoms with E-state index < -0.39 is 5.41 Å². The van der Waals surface area contributed by atoms with Gasteiger partial charge < -0.3 is 14.8 Å². The summed E-state index contributed by atoms with van der Waals surface area (Å²) < 4.78 is 11.2. The summed E-state index contributed by atoms with van der Waals surface area (Å²) in [6.45, 7) is 6.44. The molecule has 2 amide bonds. The number of rotatable bonds is 4. The molecule has 1 fully saturated rings. The summed E-state index contributed by atoms with van der Waals surface area (Å²) in [5.41, 5.74) is 0.0154. The number of ketones is 1. The van der Waals surface area contributed by atoms with Crippen molar-refractivity contribution in [3.63, 3.8) is 0 Å². The van der Waals surface area contributed by atoms with E-state index in [1.807, 2.05) is 20.8 Å². The molecule has 0 bridgehead atoms. The number of carbonyl (C=O) groups excluding carboxylic acids is 3. The Morgan fingerprint density at radius 2 is 1.93 bits per heavy atom. The average Bonchev–Trinajstić information content (AvgIpc) is 2.83. The molecule has 0 aromatic heterocycles. The van der Waals surface area contributed by atoms with Crippen LogP contribution in [0.3, 0.4) is 0 Å². The molecule has 0 saturated carbocycles. The van der Waals surface area contributed by atoms with Gasteiger partial charge >= 0.3 is 0 Å². The number of hydrogen-bond donors (Lipinski definition) is 1. The molecule has 0 atom stereocenters. The number of allylic oxidation sites excluding steroid dienone is 1. The van der Waals surface area contributed by atoms with Crippen molar-refractivity contribution >= 4 is 35.0 Å². The molecule has 0 aliphatic carbocycles. The third-order valence-corrected chi connectivity index (χ3v) is 5.26. The van der Waals surface area contributed by atoms with Crippen LogP contribution in [0.1, 0.15) is 27.2 Å². The molecule has 2 aliphatic rings. The lowest BCUT2D eigenvalue weighted by molar-refractivity contribution is -0.129. The van der Waals surface area contributed by atoms with Gasteiger partial charge in [0.1, 0.15) is 6.54 Å². The van der Waals surface area contributed by atoms with Crippen molar-refractivity contribution < 1.29 is 23.9 Å². The summed E-state index contributed by atoms with van der Waals surface area (Å²) in [5.74, 6) is 0.830. The van der Waals surface area contributed by atoms with Crippen LogP contribution in [0.4, 0.5) is 5.69 Å². The zero-order valence-corrected chi connectivity index (χ0v) is 17.1. The summed E-state index contributed by atoms with van der Waals surface area (Å²) in [6, 6.07) is 5.19. The molecule has 0 spiro atoms. The lowest BCUT2D eigenvalue weighted by Gasteiger charge is -2.19. The van der Waals surface area contributed by atoms with Crippen molar-refractivity contribution in [2.24, 2.45) is 5.41 Å². The van der Waals surface area contributed by atoms with Crippen molar-refractivity contribution in [3.8, 4) is 11.5 Å². The average molecular weight is 404 g/mol. The minimum Gasteiger partial charge on any atom is -0.490 e. The second-order valence-electron chi connectivity index (χ2n) is 7.63. The van der Waals surface area contributed by atoms with Crippen LogP contribution >= 0.6 is 11.8 Å². The molecule has 2 aliphatic heterocycles. The Bertz CT molecular complexity index is 828. The number of amides is 2. The van der Waals surface area contributed by atoms with E-state index in [2.05, 4.69) is 5.32 Å². The molecule has 1 N–H and O–H groups in total. The Morgan fingerprint density at radius 1 is 1.21 bits per heavy atom. The molecule has 2 heterocycles. The van der Waals surface area contributed by atoms with Crippen molar-refractivity contribution in [3.05, 3.63) is 29.3 Å². The molecule has 3 rings (SSSR count). The predicted molar refractivity (Wildman–Crippen MR) is 107 cm³/mol. The highest BCUT2D eigenvalue weighted by Gasteiger charge is 2.30. The second kappa shape index (κ2) is 8.26. The SMILES string of the molecule is CC(C)(C)C(=O)/C=C1\SCC(=O)N1CC(=O)Nc1ccc2c(c1)OCCCO2. The Kier molecular flexibility index (Phi) is 5.98. The van der Waals surface area contributed by atoms with E-state index >= 15 is 0 Å². The summed E-state index contributed by atoms with van der Waals surface area (Å²) in [7, 11) is 0. The van der Waals surface area contributed by atoms with Gasteiger partial charge in [-0.3, -0.25) is 19.3 Å². The first kappa shape index (κ1) is 20.3. The fraction of sp³-hybridized carbons (Fsp3) is 0.450. The summed E-state index contributed by atoms with van der Waals surface area (Å²) in [4.78, 5) is 38.3. The van der Waals surface area contributed by atoms with Gasteiger partial charge in [-0.25, -0.2) is 0 Å². The first-order valence-corrected chi connectivity index (χ1v) is 10.1. The number of anilines is 1. The Balaban J connectivity index is 1.68. The quantitative estimate of drug-likeness (QED) is 0.777. The van der Waals surface area contributed by atoms with Crippen molar-refractivity contribution in [1.82, 2.24) is 4.90 Å². The highest BCUT2D eigenvalue weighted by atomic mass is 32.2. The maximum atomic E-state index is 12.5. The van der Waals surface area contributed by atoms with Crippen molar-refractivity contribution in [2.45, 2.75) is 27.2 Å². The first-order chi connectivity index (χ1) is 13.2. The van der Waals surface area contributed by atoms with Gasteiger partial charge in [-0.15, -0.1) is 0 Å². The largest absolute Gasteiger partial charge is 0.490 e. The highest BCUT2D eigenvalue weighted by molar-refractivity contribution is 8.04. The van der Waals surface area contributed by atoms with Crippen LogP contribution in [-0.2, 0) is 14.4 Å². The van der Waals surface area contributed by atoms with E-state index in [0.29, 0.717) is 35.4 Å². The number of ether oxygens (including phenoxy) is 2. The van der Waals surface area contributed by atoms with Crippen LogP contribution in [0.15, 0.2) is 29.3 Å². The fourth-order valence-corrected chi connectivity index (χ4v) is 3.55. The van der Waals surface area contributed by atoms with Crippen LogP contribution in [-0.4, -0.2) is 48.0 Å². The lowest BCUT2D eigenvalue weighted by Crippen LogP contribution is -2.34. The summed E-state index contributed by atoms with van der Waals surface area (Å²) in [6.07, 6.45) is 2.25. The number of hydrogen-bond acceptors (Lipinski definition) is 6. The Labute approximate surface area is 168 Å². The van der Waals surface area contributed by atoms with Crippen LogP contribution < -0.4 is 14.8 Å². The molecular formula is C20H24N2O5S. The lowest BCUT2D eigenvalue weighted by atomic mass is 9.91. The molecule has 7 nitrogen and oxygen atoms in total. The van der Waals surface area contributed by atoms with E-state index in [9.17, 15) is 14.4 Å². The van der Waals surface area contributed by atoms with Gasteiger partial charge in [0.25, 0.3) is 0 Å². The Hall–Kier alpha value is -2.48. The van der Waals surface area contributed by atoms with Gasteiger partial charge in [-0.05, 0) is 12.1 Å². The molecule has 1 saturated heterocycles. The molecule has 0 radical (unpaired) electrons. The van der Waals surface area contributed by atoms with Crippen molar-refractivity contribution in [1.29, 1.82) is 0 Å². The van der Waals surface area contributed by atoms with E-state index in [1.54, 1.807) is 18.2 Å². The van der Waals surface area contributed by atoms with Crippen LogP contribution in [0.25, 0.3) is 0 Å². The minimum absolute atomic E-state index is 0.0852. The topological polar surface area (TPSA) is 84.9 Å². The predicted octanol–water partition coefficient (Wildman–Crippen LogP) is 2.82. The molecule has 150 valence electrons. The van der Waals surface area contributed by atoms with Gasteiger partial charge in [0.2, 0.25) is 11.8 Å². The maximum absolute atomic E-state index is 12.5. The van der Waals surface area contributed by atoms with Gasteiger partial charge in [-0.2, -0.15) is 0 Å². The van der Waals surface area contributed by atoms with Gasteiger partial charge in [-0.1, -0.05) is 32.5 Å². The smallest absolute Gasteiger partial charge is 0.244 e. The number of benzene rings is 1. The monoisotopic (exact) mass is 404 g/mol. The number of fused-ring (bicyclic) bond motifs is 1. The molecule has 28 heavy (non-hydrogen) atoms. The molecule has 8 heteroatoms. The molecule has 0 unspecified atom stereocenters. The number of nitrogens with zero attached hydrogens (tertiary/aromatic N) is 1. The zero-order chi connectivity index (χ0) is 20.3. The zero-order valence-electron chi connectivity index (χ0n) is 16.2. The summed E-state index contributed by atoms with van der Waals surface area (Å²) in [5, 5.41) is 3.29.